The van der Waals surface area contributed by atoms with E-state index in [0.29, 0.717) is 0 Å². The Morgan fingerprint density at radius 3 is 2.48 bits per heavy atom. The van der Waals surface area contributed by atoms with E-state index in [1.807, 2.05) is 0 Å². The lowest BCUT2D eigenvalue weighted by Gasteiger charge is -2.15. The molecule has 1 atom stereocenters. The average molecular weight is 540 g/mol. The summed E-state index contributed by atoms with van der Waals surface area (Å²) in [5.74, 6) is -0.149. The number of carbonyl (C=O) groups excluding carboxylic acids is 1. The lowest BCUT2D eigenvalue weighted by Crippen LogP contribution is -2.29. The highest BCUT2D eigenvalue weighted by Crippen LogP contribution is 2.36. The maximum Gasteiger partial charge on any atom is 0.446 e. The molecule has 3 aromatic rings. The van der Waals surface area contributed by atoms with E-state index < -0.39 is 27.3 Å². The van der Waals surface area contributed by atoms with Crippen LogP contribution in [0.3, 0.4) is 0 Å². The van der Waals surface area contributed by atoms with Crippen LogP contribution < -0.4 is 5.32 Å². The number of amides is 1. The molecule has 0 bridgehead atoms. The van der Waals surface area contributed by atoms with Crippen molar-refractivity contribution in [1.82, 2.24) is 25.1 Å². The summed E-state index contributed by atoms with van der Waals surface area (Å²) in [4.78, 5) is 20.5. The van der Waals surface area contributed by atoms with E-state index in [1.165, 1.54) is 41.3 Å². The van der Waals surface area contributed by atoms with Gasteiger partial charge >= 0.3 is 5.51 Å². The van der Waals surface area contributed by atoms with Crippen molar-refractivity contribution < 1.29 is 26.4 Å². The van der Waals surface area contributed by atoms with Crippen molar-refractivity contribution in [2.24, 2.45) is 0 Å². The van der Waals surface area contributed by atoms with Crippen LogP contribution in [-0.4, -0.2) is 45.8 Å². The van der Waals surface area contributed by atoms with Crippen molar-refractivity contribution in [3.05, 3.63) is 59.3 Å². The van der Waals surface area contributed by atoms with Gasteiger partial charge in [0.05, 0.1) is 10.9 Å². The molecule has 0 fully saturated rings. The number of thioether (sulfide) groups is 1. The Balaban J connectivity index is 0.00000385. The molecule has 0 saturated heterocycles. The zero-order chi connectivity index (χ0) is 23.7. The number of sulfone groups is 1. The van der Waals surface area contributed by atoms with Gasteiger partial charge in [0.1, 0.15) is 6.33 Å². The van der Waals surface area contributed by atoms with Gasteiger partial charge in [-0.05, 0) is 49.0 Å². The molecule has 0 spiro atoms. The van der Waals surface area contributed by atoms with Crippen LogP contribution in [0.25, 0.3) is 5.82 Å². The van der Waals surface area contributed by atoms with Gasteiger partial charge < -0.3 is 5.32 Å². The first kappa shape index (κ1) is 27.0. The van der Waals surface area contributed by atoms with Crippen LogP contribution in [0.1, 0.15) is 29.1 Å². The molecule has 0 aliphatic heterocycles. The third kappa shape index (κ3) is 7.09. The summed E-state index contributed by atoms with van der Waals surface area (Å²) in [5, 5.41) is 6.75. The number of halogens is 4. The zero-order valence-corrected chi connectivity index (χ0v) is 20.3. The van der Waals surface area contributed by atoms with Crippen LogP contribution in [0.5, 0.6) is 0 Å². The third-order valence-electron chi connectivity index (χ3n) is 4.04. The second-order valence-electron chi connectivity index (χ2n) is 6.57. The molecule has 15 heteroatoms. The second-order valence-corrected chi connectivity index (χ2v) is 10.2. The number of aromatic nitrogens is 4. The molecular weight excluding hydrogens is 523 g/mol. The Morgan fingerprint density at radius 2 is 1.91 bits per heavy atom. The van der Waals surface area contributed by atoms with Gasteiger partial charge in [-0.1, -0.05) is 11.6 Å². The van der Waals surface area contributed by atoms with Gasteiger partial charge in [0.2, 0.25) is 0 Å². The number of alkyl halides is 3. The van der Waals surface area contributed by atoms with Gasteiger partial charge in [0.25, 0.3) is 5.91 Å². The molecule has 0 aliphatic carbocycles. The van der Waals surface area contributed by atoms with E-state index in [0.717, 1.165) is 12.5 Å². The van der Waals surface area contributed by atoms with E-state index in [1.54, 1.807) is 6.92 Å². The first-order valence-corrected chi connectivity index (χ1v) is 11.9. The number of hydrogen-bond acceptors (Lipinski definition) is 7. The molecule has 33 heavy (non-hydrogen) atoms. The molecular formula is C18H17ClF3N5O3S3. The number of rotatable bonds is 6. The van der Waals surface area contributed by atoms with Crippen molar-refractivity contribution in [2.75, 3.05) is 6.26 Å². The first-order valence-electron chi connectivity index (χ1n) is 8.77. The largest absolute Gasteiger partial charge is 0.446 e. The quantitative estimate of drug-likeness (QED) is 0.473. The topological polar surface area (TPSA) is 107 Å². The molecule has 8 nitrogen and oxygen atoms in total. The molecule has 0 saturated carbocycles. The van der Waals surface area contributed by atoms with Crippen LogP contribution in [0, 0.1) is 0 Å². The van der Waals surface area contributed by atoms with Gasteiger partial charge in [-0.3, -0.25) is 4.79 Å². The van der Waals surface area contributed by atoms with Crippen LogP contribution >= 0.6 is 36.9 Å². The monoisotopic (exact) mass is 539 g/mol. The molecule has 1 amide bonds. The summed E-state index contributed by atoms with van der Waals surface area (Å²) in [5.41, 5.74) is -4.40. The highest BCUT2D eigenvalue weighted by atomic mass is 35.5. The van der Waals surface area contributed by atoms with Gasteiger partial charge in [-0.25, -0.2) is 18.4 Å². The maximum atomic E-state index is 12.7. The molecule has 0 radical (unpaired) electrons. The standard InChI is InChI=1S/C18H15ClF3N5O3S2.H2S/c1-10(26-17(28)11-5-12(19)7-14(6-11)32(2,29)30)16-24-9-25-27(16)15-4-3-13(8-23-15)31-18(20,21)22;/h3-10H,1-2H3,(H,26,28);1H2/t10-;/m0./s1. The summed E-state index contributed by atoms with van der Waals surface area (Å²) < 4.78 is 62.3. The van der Waals surface area contributed by atoms with Gasteiger partial charge in [0, 0.05) is 27.9 Å². The highest BCUT2D eigenvalue weighted by Gasteiger charge is 2.29. The fourth-order valence-electron chi connectivity index (χ4n) is 2.67. The van der Waals surface area contributed by atoms with Crippen molar-refractivity contribution in [3.63, 3.8) is 0 Å². The average Bonchev–Trinajstić information content (AvgIpc) is 3.16. The van der Waals surface area contributed by atoms with Crippen molar-refractivity contribution in [1.29, 1.82) is 0 Å². The van der Waals surface area contributed by atoms with E-state index in [-0.39, 0.29) is 57.3 Å². The van der Waals surface area contributed by atoms with Crippen molar-refractivity contribution in [3.8, 4) is 5.82 Å². The predicted octanol–water partition coefficient (Wildman–Crippen LogP) is 3.93. The summed E-state index contributed by atoms with van der Waals surface area (Å²) in [6, 6.07) is 5.63. The van der Waals surface area contributed by atoms with E-state index in [4.69, 9.17) is 11.6 Å². The van der Waals surface area contributed by atoms with Crippen LogP contribution in [0.4, 0.5) is 13.2 Å². The molecule has 2 heterocycles. The Hall–Kier alpha value is -2.29. The SMILES string of the molecule is C[C@H](NC(=O)c1cc(Cl)cc(S(C)(=O)=O)c1)c1ncnn1-c1ccc(SC(F)(F)F)cn1.S. The first-order chi connectivity index (χ1) is 14.8. The highest BCUT2D eigenvalue weighted by molar-refractivity contribution is 8.00. The van der Waals surface area contributed by atoms with E-state index in [9.17, 15) is 26.4 Å². The van der Waals surface area contributed by atoms with E-state index >= 15 is 0 Å². The number of nitrogens with one attached hydrogen (secondary N) is 1. The van der Waals surface area contributed by atoms with Gasteiger partial charge in [-0.2, -0.15) is 36.4 Å². The second kappa shape index (κ2) is 10.3. The summed E-state index contributed by atoms with van der Waals surface area (Å²) in [6.07, 6.45) is 3.26. The molecule has 1 aromatic carbocycles. The number of benzene rings is 1. The fraction of sp³-hybridized carbons (Fsp3) is 0.222. The Kier molecular flexibility index (Phi) is 8.43. The minimum absolute atomic E-state index is 0. The molecule has 3 rings (SSSR count). The minimum Gasteiger partial charge on any atom is -0.342 e. The number of carbonyl (C=O) groups is 1. The van der Waals surface area contributed by atoms with Crippen LogP contribution in [0.2, 0.25) is 5.02 Å². The molecule has 0 unspecified atom stereocenters. The molecule has 178 valence electrons. The van der Waals surface area contributed by atoms with Crippen LogP contribution in [-0.2, 0) is 9.84 Å². The lowest BCUT2D eigenvalue weighted by atomic mass is 10.2. The lowest BCUT2D eigenvalue weighted by molar-refractivity contribution is -0.0328. The molecule has 0 aliphatic rings. The zero-order valence-electron chi connectivity index (χ0n) is 17.0. The molecule has 1 N–H and O–H groups in total. The Morgan fingerprint density at radius 1 is 1.21 bits per heavy atom. The summed E-state index contributed by atoms with van der Waals surface area (Å²) in [6.45, 7) is 1.61. The van der Waals surface area contributed by atoms with Gasteiger partial charge in [0.15, 0.2) is 21.5 Å². The van der Waals surface area contributed by atoms with Crippen LogP contribution in [0.15, 0.2) is 52.6 Å². The smallest absolute Gasteiger partial charge is 0.342 e. The third-order valence-corrected chi connectivity index (χ3v) is 6.06. The normalized spacial score (nSPS) is 12.7. The van der Waals surface area contributed by atoms with Crippen molar-refractivity contribution >= 4 is 52.6 Å². The molecule has 2 aromatic heterocycles. The van der Waals surface area contributed by atoms with E-state index in [2.05, 4.69) is 20.4 Å². The fourth-order valence-corrected chi connectivity index (χ4v) is 4.16. The number of nitrogens with zero attached hydrogens (tertiary/aromatic N) is 4. The number of hydrogen-bond donors (Lipinski definition) is 1. The maximum absolute atomic E-state index is 12.7. The van der Waals surface area contributed by atoms with Gasteiger partial charge in [-0.15, -0.1) is 0 Å². The summed E-state index contributed by atoms with van der Waals surface area (Å²) in [7, 11) is -3.58. The Labute approximate surface area is 203 Å². The number of pyridine rings is 1. The summed E-state index contributed by atoms with van der Waals surface area (Å²) >= 11 is 5.65. The predicted molar refractivity (Wildman–Crippen MR) is 122 cm³/mol. The minimum atomic E-state index is -4.43. The Bertz CT molecular complexity index is 1250. The van der Waals surface area contributed by atoms with Crippen molar-refractivity contribution in [2.45, 2.75) is 28.3 Å².